The van der Waals surface area contributed by atoms with E-state index in [0.717, 1.165) is 25.2 Å². The summed E-state index contributed by atoms with van der Waals surface area (Å²) in [5.74, 6) is -0.904. The van der Waals surface area contributed by atoms with Crippen LogP contribution in [0.4, 0.5) is 8.78 Å². The lowest BCUT2D eigenvalue weighted by Gasteiger charge is -2.22. The van der Waals surface area contributed by atoms with Crippen LogP contribution in [0.3, 0.4) is 0 Å². The molecule has 5 rings (SSSR count). The molecule has 1 saturated carbocycles. The van der Waals surface area contributed by atoms with Gasteiger partial charge in [-0.25, -0.2) is 13.2 Å². The molecule has 0 unspecified atom stereocenters. The fourth-order valence-corrected chi connectivity index (χ4v) is 6.52. The highest BCUT2D eigenvalue weighted by molar-refractivity contribution is 7.91. The minimum Gasteiger partial charge on any atom is -0.619 e. The first kappa shape index (κ1) is 31.5. The summed E-state index contributed by atoms with van der Waals surface area (Å²) in [7, 11) is -4.11. The first-order valence-electron chi connectivity index (χ1n) is 13.4. The van der Waals surface area contributed by atoms with Gasteiger partial charge in [-0.2, -0.15) is 13.5 Å². The summed E-state index contributed by atoms with van der Waals surface area (Å²) in [6.45, 7) is -2.83. The topological polar surface area (TPSA) is 106 Å². The van der Waals surface area contributed by atoms with E-state index in [1.807, 2.05) is 0 Å². The Morgan fingerprint density at radius 1 is 0.955 bits per heavy atom. The monoisotopic (exact) mass is 663 g/mol. The molecule has 0 bridgehead atoms. The molecule has 1 aliphatic rings. The third kappa shape index (κ3) is 7.40. The fourth-order valence-electron chi connectivity index (χ4n) is 4.45. The van der Waals surface area contributed by atoms with Gasteiger partial charge in [0, 0.05) is 12.0 Å². The lowest BCUT2D eigenvalue weighted by atomic mass is 10.0. The zero-order valence-electron chi connectivity index (χ0n) is 22.9. The van der Waals surface area contributed by atoms with Crippen molar-refractivity contribution in [2.75, 3.05) is 6.61 Å². The SMILES string of the molecule is O=C(O[C@@H](Cc1c(Cl)c[n+]([O-])cc1Cl)c1ccc(OC(F)F)c(OCC2CC2)c1)c1ccccc1S(=O)(=O)c1ccccc1. The van der Waals surface area contributed by atoms with Crippen molar-refractivity contribution >= 4 is 39.0 Å². The molecule has 44 heavy (non-hydrogen) atoms. The van der Waals surface area contributed by atoms with Crippen LogP contribution < -0.4 is 14.2 Å². The number of esters is 1. The molecule has 1 fully saturated rings. The van der Waals surface area contributed by atoms with Crippen molar-refractivity contribution in [3.05, 3.63) is 117 Å². The Kier molecular flexibility index (Phi) is 9.57. The molecule has 0 amide bonds. The summed E-state index contributed by atoms with van der Waals surface area (Å²) >= 11 is 12.6. The molecule has 0 aliphatic heterocycles. The number of rotatable bonds is 12. The highest BCUT2D eigenvalue weighted by Crippen LogP contribution is 2.38. The van der Waals surface area contributed by atoms with E-state index >= 15 is 0 Å². The lowest BCUT2D eigenvalue weighted by molar-refractivity contribution is -0.605. The first-order valence-corrected chi connectivity index (χ1v) is 15.6. The molecule has 1 aliphatic carbocycles. The molecule has 4 aromatic rings. The van der Waals surface area contributed by atoms with Gasteiger partial charge in [0.05, 0.1) is 22.0 Å². The molecular weight excluding hydrogens is 639 g/mol. The van der Waals surface area contributed by atoms with E-state index < -0.39 is 28.5 Å². The van der Waals surface area contributed by atoms with Crippen LogP contribution in [0.5, 0.6) is 11.5 Å². The number of halogens is 4. The average molecular weight is 665 g/mol. The second kappa shape index (κ2) is 13.4. The lowest BCUT2D eigenvalue weighted by Crippen LogP contribution is -2.25. The minimum absolute atomic E-state index is 0.00506. The van der Waals surface area contributed by atoms with Crippen LogP contribution in [0.25, 0.3) is 0 Å². The molecule has 1 aromatic heterocycles. The van der Waals surface area contributed by atoms with Crippen LogP contribution in [-0.2, 0) is 21.0 Å². The number of hydrogen-bond acceptors (Lipinski definition) is 7. The molecule has 1 atom stereocenters. The molecule has 13 heteroatoms. The molecule has 230 valence electrons. The number of alkyl halides is 2. The number of hydrogen-bond donors (Lipinski definition) is 0. The normalized spacial score (nSPS) is 13.8. The van der Waals surface area contributed by atoms with Gasteiger partial charge in [0.15, 0.2) is 23.9 Å². The predicted molar refractivity (Wildman–Crippen MR) is 157 cm³/mol. The summed E-state index contributed by atoms with van der Waals surface area (Å²) in [6.07, 6.45) is 2.70. The average Bonchev–Trinajstić information content (AvgIpc) is 3.82. The van der Waals surface area contributed by atoms with Gasteiger partial charge in [0.2, 0.25) is 9.84 Å². The second-order valence-corrected chi connectivity index (χ2v) is 12.8. The number of benzene rings is 3. The van der Waals surface area contributed by atoms with Gasteiger partial charge in [0.1, 0.15) is 16.1 Å². The number of carbonyl (C=O) groups is 1. The van der Waals surface area contributed by atoms with E-state index in [0.29, 0.717) is 10.3 Å². The van der Waals surface area contributed by atoms with Crippen molar-refractivity contribution in [3.63, 3.8) is 0 Å². The van der Waals surface area contributed by atoms with Crippen LogP contribution in [0.1, 0.15) is 40.4 Å². The van der Waals surface area contributed by atoms with E-state index in [4.69, 9.17) is 32.7 Å². The van der Waals surface area contributed by atoms with Crippen LogP contribution in [-0.4, -0.2) is 27.6 Å². The smallest absolute Gasteiger partial charge is 0.387 e. The summed E-state index contributed by atoms with van der Waals surface area (Å²) in [5.41, 5.74) is 0.323. The molecule has 0 radical (unpaired) electrons. The van der Waals surface area contributed by atoms with Crippen LogP contribution in [0.2, 0.25) is 10.0 Å². The maximum Gasteiger partial charge on any atom is 0.387 e. The number of sulfone groups is 1. The molecule has 0 saturated heterocycles. The maximum atomic E-state index is 13.7. The first-order chi connectivity index (χ1) is 21.0. The molecule has 0 N–H and O–H groups in total. The predicted octanol–water partition coefficient (Wildman–Crippen LogP) is 6.99. The van der Waals surface area contributed by atoms with Gasteiger partial charge in [0.25, 0.3) is 0 Å². The van der Waals surface area contributed by atoms with E-state index in [1.54, 1.807) is 18.2 Å². The third-order valence-electron chi connectivity index (χ3n) is 6.87. The maximum absolute atomic E-state index is 13.7. The van der Waals surface area contributed by atoms with Crippen LogP contribution in [0.15, 0.2) is 95.0 Å². The zero-order valence-corrected chi connectivity index (χ0v) is 25.2. The Balaban J connectivity index is 1.54. The number of carbonyl (C=O) groups excluding carboxylic acids is 1. The Labute approximate surface area is 262 Å². The van der Waals surface area contributed by atoms with Gasteiger partial charge >= 0.3 is 12.6 Å². The molecular formula is C31H25Cl2F2NO7S. The zero-order chi connectivity index (χ0) is 31.4. The van der Waals surface area contributed by atoms with Gasteiger partial charge < -0.3 is 19.4 Å². The summed E-state index contributed by atoms with van der Waals surface area (Å²) < 4.78 is 70.0. The quantitative estimate of drug-likeness (QED) is 0.0913. The molecule has 1 heterocycles. The Morgan fingerprint density at radius 3 is 2.27 bits per heavy atom. The fraction of sp³-hybridized carbons (Fsp3) is 0.226. The van der Waals surface area contributed by atoms with Gasteiger partial charge in [-0.15, -0.1) is 0 Å². The second-order valence-electron chi connectivity index (χ2n) is 10.0. The highest BCUT2D eigenvalue weighted by atomic mass is 35.5. The molecule has 0 spiro atoms. The summed E-state index contributed by atoms with van der Waals surface area (Å²) in [5, 5.41) is 11.8. The van der Waals surface area contributed by atoms with Gasteiger partial charge in [-0.05, 0) is 60.7 Å². The Hall–Kier alpha value is -3.93. The number of ether oxygens (including phenoxy) is 3. The van der Waals surface area contributed by atoms with Crippen LogP contribution >= 0.6 is 23.2 Å². The Morgan fingerprint density at radius 2 is 1.61 bits per heavy atom. The standard InChI is InChI=1S/C31H25Cl2F2NO7S/c32-24-16-36(38)17-25(33)23(24)15-27(20-12-13-26(43-31(34)35)28(14-20)41-18-19-10-11-19)42-30(37)22-8-4-5-9-29(22)44(39,40)21-6-2-1-3-7-21/h1-9,12-14,16-17,19,27,31H,10-11,15,18H2/t27-/m0/s1. The number of aromatic nitrogens is 1. The Bertz CT molecular complexity index is 1750. The van der Waals surface area contributed by atoms with E-state index in [2.05, 4.69) is 4.74 Å². The summed E-state index contributed by atoms with van der Waals surface area (Å²) in [4.78, 5) is 13.4. The van der Waals surface area contributed by atoms with Crippen molar-refractivity contribution in [3.8, 4) is 11.5 Å². The minimum atomic E-state index is -4.11. The van der Waals surface area contributed by atoms with Crippen molar-refractivity contribution in [2.45, 2.75) is 41.8 Å². The van der Waals surface area contributed by atoms with E-state index in [9.17, 15) is 27.2 Å². The largest absolute Gasteiger partial charge is 0.619 e. The molecule has 3 aromatic carbocycles. The molecule has 8 nitrogen and oxygen atoms in total. The van der Waals surface area contributed by atoms with Crippen molar-refractivity contribution in [2.24, 2.45) is 5.92 Å². The van der Waals surface area contributed by atoms with Gasteiger partial charge in [-0.3, -0.25) is 0 Å². The van der Waals surface area contributed by atoms with E-state index in [1.165, 1.54) is 54.6 Å². The van der Waals surface area contributed by atoms with E-state index in [-0.39, 0.29) is 61.4 Å². The van der Waals surface area contributed by atoms with Crippen molar-refractivity contribution in [1.82, 2.24) is 0 Å². The van der Waals surface area contributed by atoms with Gasteiger partial charge in [-0.1, -0.05) is 59.6 Å². The van der Waals surface area contributed by atoms with Crippen molar-refractivity contribution < 1.29 is 40.9 Å². The van der Waals surface area contributed by atoms with Crippen molar-refractivity contribution in [1.29, 1.82) is 0 Å². The highest BCUT2D eigenvalue weighted by Gasteiger charge is 2.29. The number of nitrogens with zero attached hydrogens (tertiary/aromatic N) is 1. The summed E-state index contributed by atoms with van der Waals surface area (Å²) in [6, 6.07) is 17.3. The number of pyridine rings is 1. The van der Waals surface area contributed by atoms with Crippen LogP contribution in [0, 0.1) is 11.1 Å². The third-order valence-corrected chi connectivity index (χ3v) is 9.35.